The molecule has 0 amide bonds. The molecular weight excluding hydrogens is 246 g/mol. The van der Waals surface area contributed by atoms with Gasteiger partial charge >= 0.3 is 0 Å². The summed E-state index contributed by atoms with van der Waals surface area (Å²) in [7, 11) is 0. The Morgan fingerprint density at radius 2 is 2.30 bits per heavy atom. The highest BCUT2D eigenvalue weighted by molar-refractivity contribution is 5.75. The van der Waals surface area contributed by atoms with Crippen LogP contribution < -0.4 is 0 Å². The fraction of sp³-hybridized carbons (Fsp3) is 0.529. The minimum absolute atomic E-state index is 0.00639. The van der Waals surface area contributed by atoms with Crippen molar-refractivity contribution in [1.29, 1.82) is 5.26 Å². The van der Waals surface area contributed by atoms with E-state index in [9.17, 15) is 5.26 Å². The normalized spacial score (nSPS) is 38.0. The Morgan fingerprint density at radius 1 is 1.45 bits per heavy atom. The Balaban J connectivity index is 2.04. The predicted molar refractivity (Wildman–Crippen MR) is 78.9 cm³/mol. The van der Waals surface area contributed by atoms with Gasteiger partial charge in [-0.3, -0.25) is 9.89 Å². The summed E-state index contributed by atoms with van der Waals surface area (Å²) in [5, 5.41) is 9.59. The number of aliphatic imine (C=N–C) groups is 1. The van der Waals surface area contributed by atoms with Gasteiger partial charge < -0.3 is 0 Å². The molecule has 0 saturated heterocycles. The molecule has 3 heteroatoms. The molecule has 0 aromatic rings. The molecule has 0 aromatic carbocycles. The molecule has 0 fully saturated rings. The van der Waals surface area contributed by atoms with Gasteiger partial charge in [-0.25, -0.2) is 0 Å². The van der Waals surface area contributed by atoms with E-state index in [1.807, 2.05) is 4.90 Å². The van der Waals surface area contributed by atoms with Gasteiger partial charge in [-0.2, -0.15) is 5.26 Å². The molecule has 5 bridgehead atoms. The predicted octanol–water partition coefficient (Wildman–Crippen LogP) is 3.18. The maximum atomic E-state index is 9.59. The SMILES string of the molecule is CC1C2CC3=C(CCC4=C3C=CCN=CC41C)N2C#N. The third kappa shape index (κ3) is 1.27. The van der Waals surface area contributed by atoms with E-state index in [-0.39, 0.29) is 5.41 Å². The molecule has 0 N–H and O–H groups in total. The van der Waals surface area contributed by atoms with E-state index in [2.05, 4.69) is 43.4 Å². The van der Waals surface area contributed by atoms with Crippen LogP contribution in [0.25, 0.3) is 0 Å². The molecular formula is C17H19N3. The van der Waals surface area contributed by atoms with Gasteiger partial charge in [0.15, 0.2) is 6.19 Å². The second-order valence-corrected chi connectivity index (χ2v) is 6.53. The van der Waals surface area contributed by atoms with Gasteiger partial charge in [0.05, 0.1) is 12.6 Å². The Morgan fingerprint density at radius 3 is 3.10 bits per heavy atom. The lowest BCUT2D eigenvalue weighted by atomic mass is 9.66. The van der Waals surface area contributed by atoms with Crippen molar-refractivity contribution in [2.24, 2.45) is 16.3 Å². The fourth-order valence-electron chi connectivity index (χ4n) is 4.50. The molecule has 0 spiro atoms. The van der Waals surface area contributed by atoms with Crippen LogP contribution in [0.4, 0.5) is 0 Å². The molecule has 0 saturated carbocycles. The van der Waals surface area contributed by atoms with Crippen molar-refractivity contribution in [1.82, 2.24) is 4.90 Å². The molecule has 20 heavy (non-hydrogen) atoms. The van der Waals surface area contributed by atoms with E-state index in [4.69, 9.17) is 0 Å². The first-order valence-corrected chi connectivity index (χ1v) is 7.49. The quantitative estimate of drug-likeness (QED) is 0.631. The van der Waals surface area contributed by atoms with E-state index < -0.39 is 0 Å². The largest absolute Gasteiger partial charge is 0.292 e. The molecule has 4 rings (SSSR count). The van der Waals surface area contributed by atoms with Gasteiger partial charge in [-0.05, 0) is 36.3 Å². The summed E-state index contributed by atoms with van der Waals surface area (Å²) in [6.07, 6.45) is 12.1. The van der Waals surface area contributed by atoms with Crippen molar-refractivity contribution in [3.8, 4) is 6.19 Å². The van der Waals surface area contributed by atoms with Crippen molar-refractivity contribution >= 4 is 6.21 Å². The van der Waals surface area contributed by atoms with Crippen LogP contribution in [0.5, 0.6) is 0 Å². The molecule has 3 nitrogen and oxygen atoms in total. The molecule has 3 unspecified atom stereocenters. The number of hydrogen-bond acceptors (Lipinski definition) is 3. The summed E-state index contributed by atoms with van der Waals surface area (Å²) in [4.78, 5) is 6.60. The Bertz CT molecular complexity index is 644. The van der Waals surface area contributed by atoms with Crippen LogP contribution in [0.15, 0.2) is 39.6 Å². The molecule has 4 aliphatic rings. The topological polar surface area (TPSA) is 39.4 Å². The minimum atomic E-state index is -0.00639. The highest BCUT2D eigenvalue weighted by Gasteiger charge is 2.50. The monoisotopic (exact) mass is 265 g/mol. The first-order valence-electron chi connectivity index (χ1n) is 7.49. The van der Waals surface area contributed by atoms with E-state index in [0.717, 1.165) is 25.8 Å². The lowest BCUT2D eigenvalue weighted by molar-refractivity contribution is 0.198. The van der Waals surface area contributed by atoms with Crippen molar-refractivity contribution in [3.05, 3.63) is 34.6 Å². The summed E-state index contributed by atoms with van der Waals surface area (Å²) in [5.41, 5.74) is 5.66. The average molecular weight is 265 g/mol. The van der Waals surface area contributed by atoms with Crippen LogP contribution >= 0.6 is 0 Å². The maximum absolute atomic E-state index is 9.59. The third-order valence-corrected chi connectivity index (χ3v) is 5.78. The Kier molecular flexibility index (Phi) is 2.30. The zero-order valence-corrected chi connectivity index (χ0v) is 12.1. The molecule has 102 valence electrons. The van der Waals surface area contributed by atoms with Crippen LogP contribution in [0.1, 0.15) is 33.1 Å². The lowest BCUT2D eigenvalue weighted by Gasteiger charge is -2.43. The Hall–Kier alpha value is -1.82. The summed E-state index contributed by atoms with van der Waals surface area (Å²) in [6.45, 7) is 5.38. The van der Waals surface area contributed by atoms with Crippen LogP contribution in [0.3, 0.4) is 0 Å². The fourth-order valence-corrected chi connectivity index (χ4v) is 4.50. The zero-order valence-electron chi connectivity index (χ0n) is 12.1. The smallest absolute Gasteiger partial charge is 0.184 e. The summed E-state index contributed by atoms with van der Waals surface area (Å²) < 4.78 is 0. The molecule has 2 aliphatic carbocycles. The van der Waals surface area contributed by atoms with Crippen LogP contribution in [-0.2, 0) is 0 Å². The van der Waals surface area contributed by atoms with E-state index in [1.165, 1.54) is 16.8 Å². The van der Waals surface area contributed by atoms with Gasteiger partial charge in [-0.1, -0.05) is 31.6 Å². The van der Waals surface area contributed by atoms with Crippen molar-refractivity contribution in [2.75, 3.05) is 6.54 Å². The highest BCUT2D eigenvalue weighted by atomic mass is 15.2. The molecule has 2 aliphatic heterocycles. The van der Waals surface area contributed by atoms with Crippen LogP contribution in [0, 0.1) is 22.8 Å². The van der Waals surface area contributed by atoms with Crippen molar-refractivity contribution in [2.45, 2.75) is 39.2 Å². The van der Waals surface area contributed by atoms with E-state index in [0.29, 0.717) is 12.0 Å². The summed E-state index contributed by atoms with van der Waals surface area (Å²) in [5.74, 6) is 0.415. The maximum Gasteiger partial charge on any atom is 0.184 e. The van der Waals surface area contributed by atoms with Gasteiger partial charge in [-0.15, -0.1) is 0 Å². The van der Waals surface area contributed by atoms with Crippen molar-refractivity contribution in [3.63, 3.8) is 0 Å². The number of nitrogens with zero attached hydrogens (tertiary/aromatic N) is 3. The van der Waals surface area contributed by atoms with E-state index >= 15 is 0 Å². The lowest BCUT2D eigenvalue weighted by Crippen LogP contribution is -2.44. The van der Waals surface area contributed by atoms with Crippen molar-refractivity contribution < 1.29 is 0 Å². The van der Waals surface area contributed by atoms with Gasteiger partial charge in [0.1, 0.15) is 0 Å². The second-order valence-electron chi connectivity index (χ2n) is 6.53. The number of nitriles is 1. The third-order valence-electron chi connectivity index (χ3n) is 5.78. The average Bonchev–Trinajstić information content (AvgIpc) is 2.78. The number of rotatable bonds is 0. The number of hydrogen-bond donors (Lipinski definition) is 0. The zero-order chi connectivity index (χ0) is 13.9. The molecule has 0 radical (unpaired) electrons. The number of allylic oxidation sites excluding steroid dienone is 4. The first-order chi connectivity index (χ1) is 9.66. The molecule has 3 atom stereocenters. The Labute approximate surface area is 120 Å². The first kappa shape index (κ1) is 12.0. The standard InChI is InChI=1S/C17H19N3/c1-11-16-8-13-12-4-3-7-19-9-17(11,2)14(12)5-6-15(13)20(16)10-18/h3-4,9,11,16H,5-8H2,1-2H3. The summed E-state index contributed by atoms with van der Waals surface area (Å²) in [6, 6.07) is 0.306. The highest BCUT2D eigenvalue weighted by Crippen LogP contribution is 2.55. The van der Waals surface area contributed by atoms with Crippen LogP contribution in [0.2, 0.25) is 0 Å². The van der Waals surface area contributed by atoms with Gasteiger partial charge in [0.25, 0.3) is 0 Å². The molecule has 0 aromatic heterocycles. The second kappa shape index (κ2) is 3.85. The minimum Gasteiger partial charge on any atom is -0.292 e. The van der Waals surface area contributed by atoms with Gasteiger partial charge in [0, 0.05) is 17.3 Å². The number of likely N-dealkylation sites (tertiary alicyclic amines) is 1. The van der Waals surface area contributed by atoms with Crippen LogP contribution in [-0.4, -0.2) is 23.7 Å². The number of fused-ring (bicyclic) bond motifs is 1. The summed E-state index contributed by atoms with van der Waals surface area (Å²) >= 11 is 0. The van der Waals surface area contributed by atoms with Gasteiger partial charge in [0.2, 0.25) is 0 Å². The van der Waals surface area contributed by atoms with E-state index in [1.54, 1.807) is 5.57 Å². The molecule has 2 heterocycles.